The summed E-state index contributed by atoms with van der Waals surface area (Å²) in [6.45, 7) is 8.44. The molecule has 0 spiro atoms. The third-order valence-corrected chi connectivity index (χ3v) is 4.65. The highest BCUT2D eigenvalue weighted by Crippen LogP contribution is 2.13. The molecule has 2 nitrogen and oxygen atoms in total. The van der Waals surface area contributed by atoms with Crippen molar-refractivity contribution in [3.05, 3.63) is 0 Å². The molecule has 1 aliphatic heterocycles. The number of nitrogens with zero attached hydrogens (tertiary/aromatic N) is 1. The molecule has 1 heterocycles. The van der Waals surface area contributed by atoms with Gasteiger partial charge in [-0.15, -0.1) is 0 Å². The summed E-state index contributed by atoms with van der Waals surface area (Å²) in [5.74, 6) is 1.33. The Morgan fingerprint density at radius 2 is 2.00 bits per heavy atom. The van der Waals surface area contributed by atoms with Crippen LogP contribution in [0.15, 0.2) is 0 Å². The number of hydrogen-bond acceptors (Lipinski definition) is 3. The van der Waals surface area contributed by atoms with Crippen molar-refractivity contribution in [2.45, 2.75) is 64.5 Å². The highest BCUT2D eigenvalue weighted by Gasteiger charge is 2.17. The van der Waals surface area contributed by atoms with Crippen LogP contribution in [0.25, 0.3) is 0 Å². The monoisotopic (exact) mass is 272 g/mol. The predicted molar refractivity (Wildman–Crippen MR) is 84.6 cm³/mol. The van der Waals surface area contributed by atoms with Crippen LogP contribution in [0, 0.1) is 0 Å². The van der Waals surface area contributed by atoms with Crippen molar-refractivity contribution in [2.75, 3.05) is 31.6 Å². The Kier molecular flexibility index (Phi) is 9.16. The standard InChI is InChI=1S/C15H32N2S/c1-14(2)17-11-7-8-15(9-12-17)16-10-5-4-6-13-18-3/h14-16H,4-13H2,1-3H3. The van der Waals surface area contributed by atoms with E-state index in [0.717, 1.165) is 12.1 Å². The first kappa shape index (κ1) is 16.3. The van der Waals surface area contributed by atoms with Gasteiger partial charge in [-0.25, -0.2) is 0 Å². The van der Waals surface area contributed by atoms with Crippen molar-refractivity contribution in [1.29, 1.82) is 0 Å². The fourth-order valence-corrected chi connectivity index (χ4v) is 3.19. The Balaban J connectivity index is 2.05. The summed E-state index contributed by atoms with van der Waals surface area (Å²) in [6, 6.07) is 1.49. The Labute approximate surface area is 118 Å². The van der Waals surface area contributed by atoms with Gasteiger partial charge in [0.25, 0.3) is 0 Å². The molecule has 1 saturated heterocycles. The van der Waals surface area contributed by atoms with Crippen molar-refractivity contribution in [3.63, 3.8) is 0 Å². The molecule has 0 amide bonds. The fraction of sp³-hybridized carbons (Fsp3) is 1.00. The topological polar surface area (TPSA) is 15.3 Å². The minimum atomic E-state index is 0.718. The lowest BCUT2D eigenvalue weighted by atomic mass is 10.1. The van der Waals surface area contributed by atoms with E-state index in [1.807, 2.05) is 11.8 Å². The minimum Gasteiger partial charge on any atom is -0.314 e. The maximum Gasteiger partial charge on any atom is 0.00797 e. The second-order valence-electron chi connectivity index (χ2n) is 5.77. The second-order valence-corrected chi connectivity index (χ2v) is 6.75. The van der Waals surface area contributed by atoms with Gasteiger partial charge in [-0.05, 0) is 77.6 Å². The van der Waals surface area contributed by atoms with E-state index in [-0.39, 0.29) is 0 Å². The summed E-state index contributed by atoms with van der Waals surface area (Å²) < 4.78 is 0. The maximum atomic E-state index is 3.76. The van der Waals surface area contributed by atoms with Crippen molar-refractivity contribution in [2.24, 2.45) is 0 Å². The molecule has 0 bridgehead atoms. The van der Waals surface area contributed by atoms with Crippen molar-refractivity contribution < 1.29 is 0 Å². The number of unbranched alkanes of at least 4 members (excludes halogenated alkanes) is 2. The van der Waals surface area contributed by atoms with Gasteiger partial charge in [0.05, 0.1) is 0 Å². The molecule has 0 saturated carbocycles. The molecule has 1 fully saturated rings. The van der Waals surface area contributed by atoms with Gasteiger partial charge in [-0.1, -0.05) is 6.42 Å². The van der Waals surface area contributed by atoms with Crippen LogP contribution in [0.2, 0.25) is 0 Å². The van der Waals surface area contributed by atoms with E-state index >= 15 is 0 Å². The van der Waals surface area contributed by atoms with E-state index in [2.05, 4.69) is 30.3 Å². The van der Waals surface area contributed by atoms with E-state index in [9.17, 15) is 0 Å². The lowest BCUT2D eigenvalue weighted by Gasteiger charge is -2.24. The average Bonchev–Trinajstić information content (AvgIpc) is 2.59. The van der Waals surface area contributed by atoms with E-state index in [1.165, 1.54) is 63.9 Å². The zero-order chi connectivity index (χ0) is 13.2. The quantitative estimate of drug-likeness (QED) is 0.682. The van der Waals surface area contributed by atoms with Gasteiger partial charge in [0.1, 0.15) is 0 Å². The molecule has 18 heavy (non-hydrogen) atoms. The molecule has 0 aliphatic carbocycles. The van der Waals surface area contributed by atoms with Gasteiger partial charge in [0, 0.05) is 12.1 Å². The van der Waals surface area contributed by atoms with Crippen LogP contribution in [0.4, 0.5) is 0 Å². The number of thioether (sulfide) groups is 1. The van der Waals surface area contributed by atoms with E-state index in [0.29, 0.717) is 0 Å². The molecule has 0 aromatic rings. The lowest BCUT2D eigenvalue weighted by Crippen LogP contribution is -2.34. The van der Waals surface area contributed by atoms with Crippen molar-refractivity contribution >= 4 is 11.8 Å². The van der Waals surface area contributed by atoms with E-state index in [4.69, 9.17) is 0 Å². The zero-order valence-corrected chi connectivity index (χ0v) is 13.4. The molecule has 0 radical (unpaired) electrons. The molecule has 1 rings (SSSR count). The van der Waals surface area contributed by atoms with Gasteiger partial charge in [0.15, 0.2) is 0 Å². The van der Waals surface area contributed by atoms with Crippen LogP contribution >= 0.6 is 11.8 Å². The largest absolute Gasteiger partial charge is 0.314 e. The third kappa shape index (κ3) is 7.01. The maximum absolute atomic E-state index is 3.76. The SMILES string of the molecule is CSCCCCCNC1CCCN(C(C)C)CC1. The highest BCUT2D eigenvalue weighted by molar-refractivity contribution is 7.98. The molecular formula is C15H32N2S. The van der Waals surface area contributed by atoms with Gasteiger partial charge in [0.2, 0.25) is 0 Å². The van der Waals surface area contributed by atoms with Crippen LogP contribution in [-0.4, -0.2) is 48.6 Å². The third-order valence-electron chi connectivity index (χ3n) is 3.95. The van der Waals surface area contributed by atoms with Crippen LogP contribution in [0.5, 0.6) is 0 Å². The smallest absolute Gasteiger partial charge is 0.00797 e. The molecule has 108 valence electrons. The first-order valence-electron chi connectivity index (χ1n) is 7.70. The van der Waals surface area contributed by atoms with E-state index in [1.54, 1.807) is 0 Å². The van der Waals surface area contributed by atoms with Crippen LogP contribution in [0.1, 0.15) is 52.4 Å². The number of nitrogens with one attached hydrogen (secondary N) is 1. The summed E-state index contributed by atoms with van der Waals surface area (Å²) >= 11 is 1.97. The minimum absolute atomic E-state index is 0.718. The van der Waals surface area contributed by atoms with Crippen molar-refractivity contribution in [3.8, 4) is 0 Å². The highest BCUT2D eigenvalue weighted by atomic mass is 32.2. The van der Waals surface area contributed by atoms with Crippen LogP contribution < -0.4 is 5.32 Å². The summed E-state index contributed by atoms with van der Waals surface area (Å²) in [6.07, 6.45) is 10.4. The number of rotatable bonds is 8. The zero-order valence-electron chi connectivity index (χ0n) is 12.6. The summed E-state index contributed by atoms with van der Waals surface area (Å²) in [5.41, 5.74) is 0. The molecule has 0 aromatic heterocycles. The first-order valence-corrected chi connectivity index (χ1v) is 9.09. The number of likely N-dealkylation sites (tertiary alicyclic amines) is 1. The van der Waals surface area contributed by atoms with Crippen LogP contribution in [0.3, 0.4) is 0 Å². The van der Waals surface area contributed by atoms with Crippen LogP contribution in [-0.2, 0) is 0 Å². The molecule has 1 N–H and O–H groups in total. The Morgan fingerprint density at radius 1 is 1.17 bits per heavy atom. The molecule has 1 atom stereocenters. The first-order chi connectivity index (χ1) is 8.74. The Hall–Kier alpha value is 0.270. The van der Waals surface area contributed by atoms with Gasteiger partial charge in [-0.3, -0.25) is 0 Å². The number of hydrogen-bond donors (Lipinski definition) is 1. The predicted octanol–water partition coefficient (Wildman–Crippen LogP) is 3.37. The van der Waals surface area contributed by atoms with Gasteiger partial charge >= 0.3 is 0 Å². The summed E-state index contributed by atoms with van der Waals surface area (Å²) in [7, 11) is 0. The fourth-order valence-electron chi connectivity index (χ4n) is 2.69. The molecule has 3 heteroatoms. The van der Waals surface area contributed by atoms with Gasteiger partial charge in [-0.2, -0.15) is 11.8 Å². The average molecular weight is 273 g/mol. The summed E-state index contributed by atoms with van der Waals surface area (Å²) in [4.78, 5) is 2.63. The molecular weight excluding hydrogens is 240 g/mol. The van der Waals surface area contributed by atoms with Gasteiger partial charge < -0.3 is 10.2 Å². The summed E-state index contributed by atoms with van der Waals surface area (Å²) in [5, 5.41) is 3.76. The molecule has 1 aliphatic rings. The normalized spacial score (nSPS) is 22.3. The molecule has 1 unspecified atom stereocenters. The van der Waals surface area contributed by atoms with E-state index < -0.39 is 0 Å². The Morgan fingerprint density at radius 3 is 2.72 bits per heavy atom. The lowest BCUT2D eigenvalue weighted by molar-refractivity contribution is 0.229. The Bertz CT molecular complexity index is 197. The molecule has 0 aromatic carbocycles. The van der Waals surface area contributed by atoms with Crippen molar-refractivity contribution in [1.82, 2.24) is 10.2 Å². The second kappa shape index (κ2) is 10.1.